The lowest BCUT2D eigenvalue weighted by Crippen LogP contribution is -2.59. The number of alkyl halides is 1. The number of anilines is 2. The summed E-state index contributed by atoms with van der Waals surface area (Å²) in [6.45, 7) is -0.263. The van der Waals surface area contributed by atoms with E-state index < -0.39 is 29.6 Å². The molecule has 0 spiro atoms. The van der Waals surface area contributed by atoms with E-state index in [0.29, 0.717) is 34.3 Å². The number of carbonyl (C=O) groups is 2. The summed E-state index contributed by atoms with van der Waals surface area (Å²) < 4.78 is 18.6. The number of amides is 2. The van der Waals surface area contributed by atoms with E-state index in [0.717, 1.165) is 6.07 Å². The Kier molecular flexibility index (Phi) is 7.37. The summed E-state index contributed by atoms with van der Waals surface area (Å²) in [7, 11) is 0. The third kappa shape index (κ3) is 5.81. The molecule has 35 heavy (non-hydrogen) atoms. The van der Waals surface area contributed by atoms with Crippen LogP contribution in [-0.4, -0.2) is 45.7 Å². The van der Waals surface area contributed by atoms with Crippen molar-refractivity contribution in [2.45, 2.75) is 25.2 Å². The quantitative estimate of drug-likeness (QED) is 0.372. The average Bonchev–Trinajstić information content (AvgIpc) is 3.34. The van der Waals surface area contributed by atoms with Crippen molar-refractivity contribution < 1.29 is 18.7 Å². The van der Waals surface area contributed by atoms with E-state index in [9.17, 15) is 18.8 Å². The molecule has 1 saturated heterocycles. The van der Waals surface area contributed by atoms with Crippen molar-refractivity contribution in [2.75, 3.05) is 18.5 Å². The molecule has 0 bridgehead atoms. The highest BCUT2D eigenvalue weighted by atomic mass is 35.5. The summed E-state index contributed by atoms with van der Waals surface area (Å²) in [4.78, 5) is 41.4. The van der Waals surface area contributed by atoms with Crippen LogP contribution in [0.2, 0.25) is 5.02 Å². The van der Waals surface area contributed by atoms with Crippen LogP contribution in [0, 0.1) is 0 Å². The minimum Gasteiger partial charge on any atom is -0.378 e. The molecule has 1 aromatic carbocycles. The number of benzene rings is 1. The Bertz CT molecular complexity index is 1280. The molecule has 3 aromatic rings. The second-order valence-corrected chi connectivity index (χ2v) is 8.39. The summed E-state index contributed by atoms with van der Waals surface area (Å²) in [5.41, 5.74) is 0.443. The first-order valence-corrected chi connectivity index (χ1v) is 11.1. The molecule has 182 valence electrons. The van der Waals surface area contributed by atoms with Crippen LogP contribution in [0.5, 0.6) is 0 Å². The summed E-state index contributed by atoms with van der Waals surface area (Å²) in [5, 5.41) is 14.8. The van der Waals surface area contributed by atoms with Gasteiger partial charge in [0.1, 0.15) is 12.2 Å². The van der Waals surface area contributed by atoms with Gasteiger partial charge in [-0.15, -0.1) is 0 Å². The number of halogens is 2. The van der Waals surface area contributed by atoms with Gasteiger partial charge in [0.2, 0.25) is 5.91 Å². The van der Waals surface area contributed by atoms with Gasteiger partial charge in [0.05, 0.1) is 42.5 Å². The van der Waals surface area contributed by atoms with E-state index in [-0.39, 0.29) is 25.1 Å². The van der Waals surface area contributed by atoms with E-state index in [1.807, 2.05) is 0 Å². The van der Waals surface area contributed by atoms with E-state index in [2.05, 4.69) is 31.1 Å². The van der Waals surface area contributed by atoms with Crippen LogP contribution in [0.1, 0.15) is 28.0 Å². The van der Waals surface area contributed by atoms with Gasteiger partial charge in [0, 0.05) is 35.4 Å². The number of rotatable bonds is 8. The van der Waals surface area contributed by atoms with Crippen molar-refractivity contribution in [1.29, 1.82) is 0 Å². The van der Waals surface area contributed by atoms with Gasteiger partial charge < -0.3 is 20.7 Å². The molecule has 1 aliphatic heterocycles. The van der Waals surface area contributed by atoms with Gasteiger partial charge in [-0.3, -0.25) is 19.4 Å². The maximum atomic E-state index is 13.3. The van der Waals surface area contributed by atoms with Crippen molar-refractivity contribution in [1.82, 2.24) is 25.8 Å². The lowest BCUT2D eigenvalue weighted by Gasteiger charge is -2.27. The van der Waals surface area contributed by atoms with Crippen LogP contribution in [0.4, 0.5) is 15.8 Å². The van der Waals surface area contributed by atoms with Gasteiger partial charge in [-0.25, -0.2) is 9.49 Å². The molecule has 12 heteroatoms. The number of nitrogens with zero attached hydrogens (tertiary/aromatic N) is 2. The van der Waals surface area contributed by atoms with E-state index in [1.165, 1.54) is 6.20 Å². The fourth-order valence-corrected chi connectivity index (χ4v) is 3.78. The van der Waals surface area contributed by atoms with Crippen molar-refractivity contribution in [3.05, 3.63) is 81.0 Å². The van der Waals surface area contributed by atoms with Gasteiger partial charge in [-0.1, -0.05) is 11.6 Å². The maximum absolute atomic E-state index is 13.3. The monoisotopic (exact) mass is 500 g/mol. The normalized spacial score (nSPS) is 17.1. The molecule has 1 fully saturated rings. The minimum atomic E-state index is -1.28. The average molecular weight is 501 g/mol. The molecule has 2 amide bonds. The number of hydrogen-bond acceptors (Lipinski definition) is 7. The molecular formula is C23H22ClFN6O4. The number of aromatic nitrogens is 3. The lowest BCUT2D eigenvalue weighted by atomic mass is 9.96. The highest BCUT2D eigenvalue weighted by molar-refractivity contribution is 6.30. The SMILES string of the molecule is O=C(N[C@@]1(C(=O)NCc2ccc(Nc3ccc(Cl)cc3CF)cn2)CCOC1)c1cn[nH]c(=O)c1. The fourth-order valence-electron chi connectivity index (χ4n) is 3.58. The molecule has 0 radical (unpaired) electrons. The first-order chi connectivity index (χ1) is 16.9. The van der Waals surface area contributed by atoms with Crippen molar-refractivity contribution >= 4 is 34.8 Å². The molecule has 2 aromatic heterocycles. The second kappa shape index (κ2) is 10.6. The number of carbonyl (C=O) groups excluding carboxylic acids is 2. The van der Waals surface area contributed by atoms with E-state index >= 15 is 0 Å². The number of nitrogens with one attached hydrogen (secondary N) is 4. The van der Waals surface area contributed by atoms with E-state index in [1.54, 1.807) is 36.5 Å². The smallest absolute Gasteiger partial charge is 0.264 e. The summed E-state index contributed by atoms with van der Waals surface area (Å²) in [6.07, 6.45) is 3.04. The summed E-state index contributed by atoms with van der Waals surface area (Å²) >= 11 is 5.91. The molecule has 4 N–H and O–H groups in total. The molecular weight excluding hydrogens is 479 g/mol. The molecule has 10 nitrogen and oxygen atoms in total. The van der Waals surface area contributed by atoms with Crippen LogP contribution in [0.15, 0.2) is 53.6 Å². The standard InChI is InChI=1S/C23H22ClFN6O4/c24-16-1-4-19(14(7-16)9-25)29-18-3-2-17(26-12-18)11-27-22(34)23(5-6-35-13-23)30-21(33)15-8-20(32)31-28-10-15/h1-4,7-8,10,12,29H,5-6,9,11,13H2,(H,27,34)(H,30,33)(H,31,32)/t23-/m0/s1. The summed E-state index contributed by atoms with van der Waals surface area (Å²) in [5.74, 6) is -1.04. The van der Waals surface area contributed by atoms with E-state index in [4.69, 9.17) is 16.3 Å². The second-order valence-electron chi connectivity index (χ2n) is 7.95. The predicted molar refractivity (Wildman–Crippen MR) is 126 cm³/mol. The van der Waals surface area contributed by atoms with Gasteiger partial charge >= 0.3 is 0 Å². The molecule has 3 heterocycles. The number of ether oxygens (including phenoxy) is 1. The number of aromatic amines is 1. The van der Waals surface area contributed by atoms with Crippen LogP contribution in [0.3, 0.4) is 0 Å². The Morgan fingerprint density at radius 1 is 1.20 bits per heavy atom. The zero-order chi connectivity index (χ0) is 24.8. The zero-order valence-corrected chi connectivity index (χ0v) is 19.2. The Labute approximate surface area is 204 Å². The first kappa shape index (κ1) is 24.3. The Morgan fingerprint density at radius 2 is 2.06 bits per heavy atom. The third-order valence-corrected chi connectivity index (χ3v) is 5.72. The third-order valence-electron chi connectivity index (χ3n) is 5.48. The Morgan fingerprint density at radius 3 is 2.74 bits per heavy atom. The van der Waals surface area contributed by atoms with Gasteiger partial charge in [0.25, 0.3) is 11.5 Å². The Hall–Kier alpha value is -3.83. The van der Waals surface area contributed by atoms with Crippen molar-refractivity contribution in [3.63, 3.8) is 0 Å². The van der Waals surface area contributed by atoms with Crippen molar-refractivity contribution in [2.24, 2.45) is 0 Å². The van der Waals surface area contributed by atoms with Crippen LogP contribution in [0.25, 0.3) is 0 Å². The lowest BCUT2D eigenvalue weighted by molar-refractivity contribution is -0.127. The molecule has 1 aliphatic rings. The molecule has 0 aliphatic carbocycles. The predicted octanol–water partition coefficient (Wildman–Crippen LogP) is 2.24. The fraction of sp³-hybridized carbons (Fsp3) is 0.261. The van der Waals surface area contributed by atoms with Crippen LogP contribution in [-0.2, 0) is 22.8 Å². The largest absolute Gasteiger partial charge is 0.378 e. The van der Waals surface area contributed by atoms with Gasteiger partial charge in [-0.05, 0) is 30.3 Å². The highest BCUT2D eigenvalue weighted by Crippen LogP contribution is 2.25. The van der Waals surface area contributed by atoms with Crippen LogP contribution < -0.4 is 21.5 Å². The van der Waals surface area contributed by atoms with Crippen LogP contribution >= 0.6 is 11.6 Å². The molecule has 4 rings (SSSR count). The Balaban J connectivity index is 1.38. The maximum Gasteiger partial charge on any atom is 0.264 e. The summed E-state index contributed by atoms with van der Waals surface area (Å²) in [6, 6.07) is 9.46. The molecule has 0 saturated carbocycles. The topological polar surface area (TPSA) is 138 Å². The van der Waals surface area contributed by atoms with Crippen molar-refractivity contribution in [3.8, 4) is 0 Å². The zero-order valence-electron chi connectivity index (χ0n) is 18.4. The first-order valence-electron chi connectivity index (χ1n) is 10.7. The number of pyridine rings is 1. The van der Waals surface area contributed by atoms with Gasteiger partial charge in [0.15, 0.2) is 0 Å². The molecule has 1 atom stereocenters. The number of H-pyrrole nitrogens is 1. The number of hydrogen-bond donors (Lipinski definition) is 4. The highest BCUT2D eigenvalue weighted by Gasteiger charge is 2.43. The van der Waals surface area contributed by atoms with Gasteiger partial charge in [-0.2, -0.15) is 5.10 Å². The minimum absolute atomic E-state index is 0.00449. The molecule has 0 unspecified atom stereocenters.